The van der Waals surface area contributed by atoms with Crippen LogP contribution in [0.1, 0.15) is 11.4 Å². The quantitative estimate of drug-likeness (QED) is 0.763. The average molecular weight is 256 g/mol. The van der Waals surface area contributed by atoms with E-state index in [2.05, 4.69) is 14.9 Å². The van der Waals surface area contributed by atoms with Crippen LogP contribution in [-0.2, 0) is 7.05 Å². The predicted molar refractivity (Wildman–Crippen MR) is 75.8 cm³/mol. The minimum absolute atomic E-state index is 0.00392. The Kier molecular flexibility index (Phi) is 2.62. The van der Waals surface area contributed by atoms with Gasteiger partial charge in [-0.15, -0.1) is 0 Å². The summed E-state index contributed by atoms with van der Waals surface area (Å²) < 4.78 is 1.57. The Hall–Kier alpha value is -2.17. The van der Waals surface area contributed by atoms with E-state index in [1.54, 1.807) is 11.6 Å². The fraction of sp³-hybridized carbons (Fsp3) is 0.357. The molecule has 1 aromatic carbocycles. The monoisotopic (exact) mass is 256 g/mol. The SMILES string of the molecule is Cc1nc2cc(C3=NCCN3C)ccc2c(=O)n1C. The van der Waals surface area contributed by atoms with Crippen molar-refractivity contribution in [2.24, 2.45) is 12.0 Å². The maximum atomic E-state index is 12.1. The van der Waals surface area contributed by atoms with E-state index in [4.69, 9.17) is 0 Å². The third kappa shape index (κ3) is 1.82. The van der Waals surface area contributed by atoms with Crippen molar-refractivity contribution in [3.05, 3.63) is 39.9 Å². The first-order valence-corrected chi connectivity index (χ1v) is 6.31. The molecule has 0 saturated carbocycles. The minimum Gasteiger partial charge on any atom is -0.358 e. The molecule has 0 fully saturated rings. The zero-order chi connectivity index (χ0) is 13.6. The van der Waals surface area contributed by atoms with Crippen molar-refractivity contribution in [2.45, 2.75) is 6.92 Å². The van der Waals surface area contributed by atoms with Crippen molar-refractivity contribution < 1.29 is 0 Å². The molecule has 0 amide bonds. The summed E-state index contributed by atoms with van der Waals surface area (Å²) in [4.78, 5) is 23.2. The number of hydrogen-bond donors (Lipinski definition) is 0. The van der Waals surface area contributed by atoms with Crippen molar-refractivity contribution in [3.63, 3.8) is 0 Å². The number of aliphatic imine (C=N–C) groups is 1. The van der Waals surface area contributed by atoms with Crippen LogP contribution in [0.25, 0.3) is 10.9 Å². The Morgan fingerprint density at radius 3 is 2.74 bits per heavy atom. The predicted octanol–water partition coefficient (Wildman–Crippen LogP) is 0.934. The number of likely N-dealkylation sites (N-methyl/N-ethyl adjacent to an activating group) is 1. The molecule has 0 aliphatic carbocycles. The fourth-order valence-corrected chi connectivity index (χ4v) is 2.37. The smallest absolute Gasteiger partial charge is 0.261 e. The fourth-order valence-electron chi connectivity index (χ4n) is 2.37. The normalized spacial score (nSPS) is 15.1. The highest BCUT2D eigenvalue weighted by Gasteiger charge is 2.15. The zero-order valence-electron chi connectivity index (χ0n) is 11.3. The molecule has 0 bridgehead atoms. The van der Waals surface area contributed by atoms with Crippen LogP contribution in [0.2, 0.25) is 0 Å². The van der Waals surface area contributed by atoms with Crippen molar-refractivity contribution in [2.75, 3.05) is 20.1 Å². The molecule has 2 heterocycles. The Balaban J connectivity index is 2.22. The van der Waals surface area contributed by atoms with E-state index in [-0.39, 0.29) is 5.56 Å². The first-order chi connectivity index (χ1) is 9.08. The van der Waals surface area contributed by atoms with E-state index in [1.165, 1.54) is 0 Å². The van der Waals surface area contributed by atoms with Crippen LogP contribution in [0, 0.1) is 6.92 Å². The molecule has 1 aromatic heterocycles. The molecule has 1 aliphatic heterocycles. The van der Waals surface area contributed by atoms with Gasteiger partial charge in [-0.1, -0.05) is 6.07 Å². The number of aromatic nitrogens is 2. The standard InChI is InChI=1S/C14H16N4O/c1-9-16-12-8-10(13-15-6-7-17(13)2)4-5-11(12)14(19)18(9)3/h4-5,8H,6-7H2,1-3H3. The first kappa shape index (κ1) is 11.9. The summed E-state index contributed by atoms with van der Waals surface area (Å²) in [6, 6.07) is 5.74. The van der Waals surface area contributed by atoms with Crippen molar-refractivity contribution >= 4 is 16.7 Å². The van der Waals surface area contributed by atoms with Crippen LogP contribution in [0.3, 0.4) is 0 Å². The summed E-state index contributed by atoms with van der Waals surface area (Å²) in [7, 11) is 3.77. The van der Waals surface area contributed by atoms with E-state index in [0.29, 0.717) is 5.39 Å². The van der Waals surface area contributed by atoms with Crippen molar-refractivity contribution in [1.29, 1.82) is 0 Å². The van der Waals surface area contributed by atoms with Gasteiger partial charge in [0.05, 0.1) is 17.4 Å². The molecule has 3 rings (SSSR count). The lowest BCUT2D eigenvalue weighted by Gasteiger charge is -2.14. The molecule has 1 aliphatic rings. The summed E-state index contributed by atoms with van der Waals surface area (Å²) in [6.45, 7) is 3.61. The lowest BCUT2D eigenvalue weighted by atomic mass is 10.1. The van der Waals surface area contributed by atoms with Gasteiger partial charge < -0.3 is 4.90 Å². The Labute approximate surface area is 111 Å². The van der Waals surface area contributed by atoms with E-state index >= 15 is 0 Å². The second kappa shape index (κ2) is 4.19. The topological polar surface area (TPSA) is 50.5 Å². The van der Waals surface area contributed by atoms with Gasteiger partial charge in [0.2, 0.25) is 0 Å². The number of benzene rings is 1. The summed E-state index contributed by atoms with van der Waals surface area (Å²) in [6.07, 6.45) is 0. The second-order valence-electron chi connectivity index (χ2n) is 4.88. The van der Waals surface area contributed by atoms with Gasteiger partial charge in [0.15, 0.2) is 0 Å². The highest BCUT2D eigenvalue weighted by Crippen LogP contribution is 2.15. The Bertz CT molecular complexity index is 745. The molecule has 0 radical (unpaired) electrons. The van der Waals surface area contributed by atoms with E-state index in [1.807, 2.05) is 32.2 Å². The highest BCUT2D eigenvalue weighted by atomic mass is 16.1. The second-order valence-corrected chi connectivity index (χ2v) is 4.88. The highest BCUT2D eigenvalue weighted by molar-refractivity contribution is 6.02. The largest absolute Gasteiger partial charge is 0.358 e. The van der Waals surface area contributed by atoms with Crippen LogP contribution >= 0.6 is 0 Å². The molecule has 0 unspecified atom stereocenters. The molecule has 0 spiro atoms. The molecular formula is C14H16N4O. The minimum atomic E-state index is -0.00392. The van der Waals surface area contributed by atoms with E-state index in [0.717, 1.165) is 35.8 Å². The molecule has 5 nitrogen and oxygen atoms in total. The summed E-state index contributed by atoms with van der Waals surface area (Å²) in [5.74, 6) is 1.69. The van der Waals surface area contributed by atoms with Crippen LogP contribution in [0.15, 0.2) is 28.0 Å². The van der Waals surface area contributed by atoms with Gasteiger partial charge >= 0.3 is 0 Å². The summed E-state index contributed by atoms with van der Waals surface area (Å²) in [5, 5.41) is 0.651. The summed E-state index contributed by atoms with van der Waals surface area (Å²) in [5.41, 5.74) is 1.75. The van der Waals surface area contributed by atoms with Gasteiger partial charge in [-0.05, 0) is 19.1 Å². The van der Waals surface area contributed by atoms with E-state index in [9.17, 15) is 4.79 Å². The lowest BCUT2D eigenvalue weighted by molar-refractivity contribution is 0.557. The number of aryl methyl sites for hydroxylation is 1. The van der Waals surface area contributed by atoms with Crippen LogP contribution in [0.5, 0.6) is 0 Å². The molecule has 0 saturated heterocycles. The Morgan fingerprint density at radius 2 is 2.05 bits per heavy atom. The van der Waals surface area contributed by atoms with E-state index < -0.39 is 0 Å². The van der Waals surface area contributed by atoms with Crippen molar-refractivity contribution in [3.8, 4) is 0 Å². The van der Waals surface area contributed by atoms with Gasteiger partial charge in [-0.3, -0.25) is 14.4 Å². The molecule has 5 heteroatoms. The number of nitrogens with zero attached hydrogens (tertiary/aromatic N) is 4. The van der Waals surface area contributed by atoms with Crippen LogP contribution < -0.4 is 5.56 Å². The third-order valence-electron chi connectivity index (χ3n) is 3.62. The number of hydrogen-bond acceptors (Lipinski definition) is 4. The lowest BCUT2D eigenvalue weighted by Crippen LogP contribution is -2.24. The third-order valence-corrected chi connectivity index (χ3v) is 3.62. The zero-order valence-corrected chi connectivity index (χ0v) is 11.3. The van der Waals surface area contributed by atoms with Gasteiger partial charge in [0, 0.05) is 26.2 Å². The molecule has 0 atom stereocenters. The molecular weight excluding hydrogens is 240 g/mol. The molecule has 2 aromatic rings. The van der Waals surface area contributed by atoms with Crippen LogP contribution in [0.4, 0.5) is 0 Å². The van der Waals surface area contributed by atoms with Gasteiger partial charge in [0.25, 0.3) is 5.56 Å². The van der Waals surface area contributed by atoms with Gasteiger partial charge in [-0.25, -0.2) is 4.98 Å². The van der Waals surface area contributed by atoms with Gasteiger partial charge in [0.1, 0.15) is 11.7 Å². The number of fused-ring (bicyclic) bond motifs is 1. The van der Waals surface area contributed by atoms with Crippen molar-refractivity contribution in [1.82, 2.24) is 14.5 Å². The maximum Gasteiger partial charge on any atom is 0.261 e. The number of amidine groups is 1. The maximum absolute atomic E-state index is 12.1. The number of rotatable bonds is 1. The summed E-state index contributed by atoms with van der Waals surface area (Å²) >= 11 is 0. The molecule has 19 heavy (non-hydrogen) atoms. The average Bonchev–Trinajstić information content (AvgIpc) is 2.82. The Morgan fingerprint density at radius 1 is 1.26 bits per heavy atom. The first-order valence-electron chi connectivity index (χ1n) is 6.31. The molecule has 98 valence electrons. The van der Waals surface area contributed by atoms with Gasteiger partial charge in [-0.2, -0.15) is 0 Å². The van der Waals surface area contributed by atoms with Crippen LogP contribution in [-0.4, -0.2) is 40.4 Å². The molecule has 0 N–H and O–H groups in total.